The molecule has 3 aromatic rings. The third kappa shape index (κ3) is 4.46. The lowest BCUT2D eigenvalue weighted by atomic mass is 9.65. The number of aromatic nitrogens is 4. The molecule has 9 nitrogen and oxygen atoms in total. The van der Waals surface area contributed by atoms with Gasteiger partial charge in [-0.3, -0.25) is 19.5 Å². The molecule has 0 aliphatic carbocycles. The number of hydrogen-bond donors (Lipinski definition) is 1. The lowest BCUT2D eigenvalue weighted by Crippen LogP contribution is -2.69. The standard InChI is InChI=1S/C31H39Cl2N7O2/c1-5-25(41)37-9-6-20(7-10-37)40-19(2)26(27-22-13-34-35-24(22)12-23(32)28(27)33)29(36-40)39-11-8-31(16-30(39,3)4)17-38(18-31)21-14-42-15-21/h5,12-13,20-21H,1,6-11,14-18H2,2-4H3,(H,34,35). The zero-order chi connectivity index (χ0) is 29.4. The number of amides is 1. The van der Waals surface area contributed by atoms with Crippen molar-refractivity contribution in [2.24, 2.45) is 5.41 Å². The van der Waals surface area contributed by atoms with Gasteiger partial charge < -0.3 is 14.5 Å². The first-order valence-corrected chi connectivity index (χ1v) is 15.8. The fraction of sp³-hybridized carbons (Fsp3) is 0.581. The second-order valence-electron chi connectivity index (χ2n) is 13.4. The van der Waals surface area contributed by atoms with E-state index in [1.807, 2.05) is 17.2 Å². The summed E-state index contributed by atoms with van der Waals surface area (Å²) in [4.78, 5) is 19.2. The third-order valence-electron chi connectivity index (χ3n) is 10.2. The van der Waals surface area contributed by atoms with Crippen molar-refractivity contribution in [2.45, 2.75) is 64.1 Å². The molecular formula is C31H39Cl2N7O2. The molecule has 1 aromatic carbocycles. The Kier molecular flexibility index (Phi) is 6.88. The number of rotatable bonds is 5. The molecule has 1 spiro atoms. The maximum absolute atomic E-state index is 12.3. The van der Waals surface area contributed by atoms with Gasteiger partial charge in [-0.15, -0.1) is 0 Å². The molecule has 6 heterocycles. The number of carbonyl (C=O) groups is 1. The van der Waals surface area contributed by atoms with Gasteiger partial charge in [-0.05, 0) is 64.0 Å². The summed E-state index contributed by atoms with van der Waals surface area (Å²) in [6.07, 6.45) is 7.12. The van der Waals surface area contributed by atoms with E-state index in [0.29, 0.717) is 34.6 Å². The summed E-state index contributed by atoms with van der Waals surface area (Å²) in [7, 11) is 0. The minimum absolute atomic E-state index is 0.0107. The Morgan fingerprint density at radius 2 is 1.88 bits per heavy atom. The zero-order valence-electron chi connectivity index (χ0n) is 24.6. The van der Waals surface area contributed by atoms with Gasteiger partial charge >= 0.3 is 0 Å². The first-order chi connectivity index (χ1) is 20.1. The van der Waals surface area contributed by atoms with Crippen LogP contribution in [0.4, 0.5) is 5.82 Å². The minimum Gasteiger partial charge on any atom is -0.378 e. The Bertz CT molecular complexity index is 1540. The number of benzene rings is 1. The van der Waals surface area contributed by atoms with E-state index >= 15 is 0 Å². The van der Waals surface area contributed by atoms with Crippen molar-refractivity contribution >= 4 is 45.8 Å². The van der Waals surface area contributed by atoms with Crippen LogP contribution in [0.1, 0.15) is 51.3 Å². The van der Waals surface area contributed by atoms with Gasteiger partial charge in [0.05, 0.1) is 47.1 Å². The van der Waals surface area contributed by atoms with Gasteiger partial charge in [0.2, 0.25) is 5.91 Å². The molecule has 0 unspecified atom stereocenters. The van der Waals surface area contributed by atoms with Gasteiger partial charge in [-0.25, -0.2) is 0 Å². The van der Waals surface area contributed by atoms with Crippen molar-refractivity contribution in [2.75, 3.05) is 50.8 Å². The Balaban J connectivity index is 1.28. The van der Waals surface area contributed by atoms with Gasteiger partial charge in [0.15, 0.2) is 5.82 Å². The van der Waals surface area contributed by atoms with Crippen LogP contribution in [0.25, 0.3) is 22.0 Å². The molecule has 0 atom stereocenters. The second-order valence-corrected chi connectivity index (χ2v) is 14.1. The van der Waals surface area contributed by atoms with Crippen LogP contribution in [0.3, 0.4) is 0 Å². The molecule has 7 rings (SSSR count). The fourth-order valence-corrected chi connectivity index (χ4v) is 8.46. The monoisotopic (exact) mass is 611 g/mol. The second kappa shape index (κ2) is 10.3. The van der Waals surface area contributed by atoms with Crippen LogP contribution in [-0.2, 0) is 9.53 Å². The molecule has 4 saturated heterocycles. The van der Waals surface area contributed by atoms with E-state index in [4.69, 9.17) is 33.0 Å². The highest BCUT2D eigenvalue weighted by molar-refractivity contribution is 6.45. The average molecular weight is 613 g/mol. The van der Waals surface area contributed by atoms with Gasteiger partial charge in [0, 0.05) is 60.5 Å². The summed E-state index contributed by atoms with van der Waals surface area (Å²) in [6, 6.07) is 2.61. The molecule has 1 amide bonds. The third-order valence-corrected chi connectivity index (χ3v) is 11.0. The quantitative estimate of drug-likeness (QED) is 0.385. The van der Waals surface area contributed by atoms with Crippen LogP contribution in [0.2, 0.25) is 10.0 Å². The topological polar surface area (TPSA) is 82.5 Å². The smallest absolute Gasteiger partial charge is 0.245 e. The highest BCUT2D eigenvalue weighted by atomic mass is 35.5. The Morgan fingerprint density at radius 1 is 1.14 bits per heavy atom. The molecule has 0 bridgehead atoms. The number of nitrogens with one attached hydrogen (secondary N) is 1. The van der Waals surface area contributed by atoms with E-state index < -0.39 is 0 Å². The Hall–Kier alpha value is -2.59. The lowest BCUT2D eigenvalue weighted by Gasteiger charge is -2.61. The predicted octanol–water partition coefficient (Wildman–Crippen LogP) is 5.47. The van der Waals surface area contributed by atoms with E-state index in [2.05, 4.69) is 52.0 Å². The van der Waals surface area contributed by atoms with Crippen LogP contribution in [0.15, 0.2) is 24.9 Å². The SMILES string of the molecule is C=CC(=O)N1CCC(n2nc(N3CCC4(CN(C5COC5)C4)CC3(C)C)c(-c3c(Cl)c(Cl)cc4[nH]ncc34)c2C)CC1. The van der Waals surface area contributed by atoms with E-state index in [1.54, 1.807) is 0 Å². The van der Waals surface area contributed by atoms with Gasteiger partial charge in [0.1, 0.15) is 0 Å². The van der Waals surface area contributed by atoms with Crippen molar-refractivity contribution in [1.82, 2.24) is 29.8 Å². The first-order valence-electron chi connectivity index (χ1n) is 15.0. The molecular weight excluding hydrogens is 573 g/mol. The number of anilines is 1. The Labute approximate surface area is 256 Å². The normalized spacial score (nSPS) is 22.9. The predicted molar refractivity (Wildman–Crippen MR) is 166 cm³/mol. The molecule has 4 aliphatic heterocycles. The van der Waals surface area contributed by atoms with E-state index in [1.165, 1.54) is 6.08 Å². The van der Waals surface area contributed by atoms with E-state index in [0.717, 1.165) is 92.1 Å². The molecule has 4 aliphatic rings. The van der Waals surface area contributed by atoms with Crippen molar-refractivity contribution in [1.29, 1.82) is 0 Å². The molecule has 2 aromatic heterocycles. The van der Waals surface area contributed by atoms with E-state index in [9.17, 15) is 4.79 Å². The van der Waals surface area contributed by atoms with Crippen LogP contribution < -0.4 is 4.90 Å². The molecule has 224 valence electrons. The van der Waals surface area contributed by atoms with Crippen LogP contribution in [0, 0.1) is 12.3 Å². The first kappa shape index (κ1) is 28.2. The zero-order valence-corrected chi connectivity index (χ0v) is 26.1. The highest BCUT2D eigenvalue weighted by Crippen LogP contribution is 2.52. The summed E-state index contributed by atoms with van der Waals surface area (Å²) in [6.45, 7) is 16.8. The van der Waals surface area contributed by atoms with Crippen molar-refractivity contribution in [3.8, 4) is 11.1 Å². The number of likely N-dealkylation sites (tertiary alicyclic amines) is 2. The Morgan fingerprint density at radius 3 is 2.52 bits per heavy atom. The van der Waals surface area contributed by atoms with Gasteiger partial charge in [-0.1, -0.05) is 29.8 Å². The maximum Gasteiger partial charge on any atom is 0.245 e. The maximum atomic E-state index is 12.3. The number of carbonyl (C=O) groups excluding carboxylic acids is 1. The van der Waals surface area contributed by atoms with Gasteiger partial charge in [-0.2, -0.15) is 10.2 Å². The molecule has 1 N–H and O–H groups in total. The summed E-state index contributed by atoms with van der Waals surface area (Å²) >= 11 is 13.7. The number of halogens is 2. The average Bonchev–Trinajstić information content (AvgIpc) is 3.51. The summed E-state index contributed by atoms with van der Waals surface area (Å²) in [5.41, 5.74) is 4.03. The number of nitrogens with zero attached hydrogens (tertiary/aromatic N) is 6. The van der Waals surface area contributed by atoms with Crippen LogP contribution in [-0.4, -0.2) is 93.2 Å². The molecule has 4 fully saturated rings. The summed E-state index contributed by atoms with van der Waals surface area (Å²) in [5.74, 6) is 0.940. The number of hydrogen-bond acceptors (Lipinski definition) is 6. The summed E-state index contributed by atoms with van der Waals surface area (Å²) < 4.78 is 7.64. The van der Waals surface area contributed by atoms with Crippen molar-refractivity contribution < 1.29 is 9.53 Å². The highest BCUT2D eigenvalue weighted by Gasteiger charge is 2.53. The van der Waals surface area contributed by atoms with Gasteiger partial charge in [0.25, 0.3) is 0 Å². The van der Waals surface area contributed by atoms with Crippen molar-refractivity contribution in [3.05, 3.63) is 40.7 Å². The lowest BCUT2D eigenvalue weighted by molar-refractivity contribution is -0.142. The van der Waals surface area contributed by atoms with Crippen LogP contribution >= 0.6 is 23.2 Å². The minimum atomic E-state index is -0.110. The van der Waals surface area contributed by atoms with E-state index in [-0.39, 0.29) is 17.5 Å². The number of H-pyrrole nitrogens is 1. The van der Waals surface area contributed by atoms with Crippen LogP contribution in [0.5, 0.6) is 0 Å². The molecule has 11 heteroatoms. The largest absolute Gasteiger partial charge is 0.378 e. The molecule has 0 saturated carbocycles. The molecule has 42 heavy (non-hydrogen) atoms. The number of piperidine rings is 2. The number of fused-ring (bicyclic) bond motifs is 1. The number of aromatic amines is 1. The molecule has 0 radical (unpaired) electrons. The van der Waals surface area contributed by atoms with Crippen molar-refractivity contribution in [3.63, 3.8) is 0 Å². The fourth-order valence-electron chi connectivity index (χ4n) is 8.00. The number of ether oxygens (including phenoxy) is 1. The summed E-state index contributed by atoms with van der Waals surface area (Å²) in [5, 5.41) is 14.7.